The Morgan fingerprint density at radius 3 is 1.18 bits per heavy atom. The molecule has 0 bridgehead atoms. The van der Waals surface area contributed by atoms with Crippen LogP contribution in [-0.4, -0.2) is 15.1 Å². The van der Waals surface area contributed by atoms with Crippen molar-refractivity contribution in [1.82, 2.24) is 0 Å². The van der Waals surface area contributed by atoms with Gasteiger partial charge in [0.15, 0.2) is 11.6 Å². The van der Waals surface area contributed by atoms with E-state index >= 15 is 0 Å². The topological polar surface area (TPSA) is 34.1 Å². The van der Waals surface area contributed by atoms with Crippen LogP contribution in [0.3, 0.4) is 0 Å². The van der Waals surface area contributed by atoms with Crippen molar-refractivity contribution in [3.05, 3.63) is 143 Å². The molecule has 4 aromatic rings. The molecular formula is C29H22O2S3. The molecule has 0 heterocycles. The largest absolute Gasteiger partial charge is 0.289 e. The average molecular weight is 499 g/mol. The second-order valence-electron chi connectivity index (χ2n) is 7.61. The summed E-state index contributed by atoms with van der Waals surface area (Å²) in [6.07, 6.45) is 0. The molecule has 0 fully saturated rings. The van der Waals surface area contributed by atoms with Crippen LogP contribution in [0.4, 0.5) is 0 Å². The molecule has 168 valence electrons. The van der Waals surface area contributed by atoms with Gasteiger partial charge in [0.1, 0.15) is 3.53 Å². The van der Waals surface area contributed by atoms with E-state index in [-0.39, 0.29) is 11.6 Å². The van der Waals surface area contributed by atoms with Gasteiger partial charge in [-0.15, -0.1) is 23.5 Å². The summed E-state index contributed by atoms with van der Waals surface area (Å²) in [5.74, 6) is 1.58. The number of thioether (sulfide) groups is 2. The number of hydrogen-bond donors (Lipinski definition) is 0. The average Bonchev–Trinajstić information content (AvgIpc) is 2.91. The fourth-order valence-corrected chi connectivity index (χ4v) is 5.34. The summed E-state index contributed by atoms with van der Waals surface area (Å²) in [5.41, 5.74) is 5.01. The molecule has 0 saturated heterocycles. The van der Waals surface area contributed by atoms with Crippen LogP contribution in [0.15, 0.2) is 109 Å². The molecule has 34 heavy (non-hydrogen) atoms. The Morgan fingerprint density at radius 2 is 0.824 bits per heavy atom. The molecule has 4 rings (SSSR count). The minimum Gasteiger partial charge on any atom is -0.289 e. The first-order valence-corrected chi connectivity index (χ1v) is 13.1. The van der Waals surface area contributed by atoms with Crippen LogP contribution in [0.25, 0.3) is 0 Å². The Bertz CT molecular complexity index is 1170. The molecule has 4 aromatic carbocycles. The number of carbonyl (C=O) groups excluding carboxylic acids is 2. The molecule has 0 radical (unpaired) electrons. The van der Waals surface area contributed by atoms with Gasteiger partial charge >= 0.3 is 0 Å². The normalized spacial score (nSPS) is 10.6. The van der Waals surface area contributed by atoms with Gasteiger partial charge in [-0.1, -0.05) is 121 Å². The van der Waals surface area contributed by atoms with E-state index in [9.17, 15) is 9.59 Å². The Hall–Kier alpha value is -2.99. The second-order valence-corrected chi connectivity index (χ2v) is 10.8. The smallest absolute Gasteiger partial charge is 0.193 e. The fourth-order valence-electron chi connectivity index (χ4n) is 3.34. The van der Waals surface area contributed by atoms with Gasteiger partial charge < -0.3 is 0 Å². The molecule has 5 heteroatoms. The van der Waals surface area contributed by atoms with E-state index in [1.807, 2.05) is 109 Å². The molecule has 0 aliphatic rings. The molecule has 0 spiro atoms. The lowest BCUT2D eigenvalue weighted by Crippen LogP contribution is -2.01. The molecule has 0 aliphatic carbocycles. The molecule has 0 atom stereocenters. The van der Waals surface area contributed by atoms with E-state index in [1.54, 1.807) is 23.5 Å². The van der Waals surface area contributed by atoms with Gasteiger partial charge in [-0.25, -0.2) is 0 Å². The lowest BCUT2D eigenvalue weighted by atomic mass is 10.0. The standard InChI is InChI=1S/C29H22O2S3/c30-27(23-7-3-1-4-8-23)25-15-11-21(12-16-25)19-33-29(32)34-20-22-13-17-26(18-14-22)28(31)24-9-5-2-6-10-24/h1-18H,19-20H2. The quantitative estimate of drug-likeness (QED) is 0.185. The van der Waals surface area contributed by atoms with Crippen molar-refractivity contribution < 1.29 is 9.59 Å². The predicted molar refractivity (Wildman–Crippen MR) is 148 cm³/mol. The molecular weight excluding hydrogens is 477 g/mol. The minimum atomic E-state index is 0.0300. The highest BCUT2D eigenvalue weighted by molar-refractivity contribution is 8.46. The van der Waals surface area contributed by atoms with Crippen molar-refractivity contribution in [2.45, 2.75) is 11.5 Å². The number of carbonyl (C=O) groups is 2. The Labute approximate surface area is 213 Å². The number of thiocarbonyl (C=S) groups is 1. The van der Waals surface area contributed by atoms with E-state index in [1.165, 1.54) is 0 Å². The predicted octanol–water partition coefficient (Wildman–Crippen LogP) is 7.60. The van der Waals surface area contributed by atoms with Crippen LogP contribution >= 0.6 is 35.7 Å². The molecule has 0 unspecified atom stereocenters. The van der Waals surface area contributed by atoms with Crippen LogP contribution < -0.4 is 0 Å². The van der Waals surface area contributed by atoms with Gasteiger partial charge in [-0.2, -0.15) is 0 Å². The molecule has 0 aliphatic heterocycles. The first-order chi connectivity index (χ1) is 16.6. The highest BCUT2D eigenvalue weighted by Crippen LogP contribution is 2.25. The monoisotopic (exact) mass is 498 g/mol. The third-order valence-corrected chi connectivity index (χ3v) is 8.06. The van der Waals surface area contributed by atoms with E-state index in [0.29, 0.717) is 22.3 Å². The van der Waals surface area contributed by atoms with Crippen LogP contribution in [-0.2, 0) is 11.5 Å². The maximum Gasteiger partial charge on any atom is 0.193 e. The third-order valence-electron chi connectivity index (χ3n) is 5.22. The van der Waals surface area contributed by atoms with Crippen LogP contribution in [0.5, 0.6) is 0 Å². The number of hydrogen-bond acceptors (Lipinski definition) is 5. The second kappa shape index (κ2) is 11.9. The van der Waals surface area contributed by atoms with Crippen LogP contribution in [0.2, 0.25) is 0 Å². The van der Waals surface area contributed by atoms with Crippen molar-refractivity contribution in [2.24, 2.45) is 0 Å². The maximum absolute atomic E-state index is 12.5. The van der Waals surface area contributed by atoms with Crippen LogP contribution in [0, 0.1) is 0 Å². The van der Waals surface area contributed by atoms with Crippen molar-refractivity contribution in [2.75, 3.05) is 0 Å². The summed E-state index contributed by atoms with van der Waals surface area (Å²) in [4.78, 5) is 25.1. The Kier molecular flexibility index (Phi) is 8.47. The third kappa shape index (κ3) is 6.54. The summed E-state index contributed by atoms with van der Waals surface area (Å²) in [6.45, 7) is 0. The van der Waals surface area contributed by atoms with Crippen molar-refractivity contribution >= 4 is 50.8 Å². The molecule has 0 N–H and O–H groups in total. The zero-order valence-corrected chi connectivity index (χ0v) is 20.8. The van der Waals surface area contributed by atoms with E-state index in [0.717, 1.165) is 26.2 Å². The van der Waals surface area contributed by atoms with Gasteiger partial charge in [0.25, 0.3) is 0 Å². The summed E-state index contributed by atoms with van der Waals surface area (Å²) < 4.78 is 0.869. The first-order valence-electron chi connectivity index (χ1n) is 10.8. The highest BCUT2D eigenvalue weighted by Gasteiger charge is 2.10. The molecule has 2 nitrogen and oxygen atoms in total. The van der Waals surface area contributed by atoms with Gasteiger partial charge in [-0.3, -0.25) is 9.59 Å². The molecule has 0 aromatic heterocycles. The van der Waals surface area contributed by atoms with Gasteiger partial charge in [-0.05, 0) is 11.1 Å². The first kappa shape index (κ1) is 24.1. The zero-order valence-electron chi connectivity index (χ0n) is 18.3. The summed E-state index contributed by atoms with van der Waals surface area (Å²) >= 11 is 8.77. The van der Waals surface area contributed by atoms with Crippen molar-refractivity contribution in [3.63, 3.8) is 0 Å². The summed E-state index contributed by atoms with van der Waals surface area (Å²) in [7, 11) is 0. The number of rotatable bonds is 8. The van der Waals surface area contributed by atoms with Crippen molar-refractivity contribution in [3.8, 4) is 0 Å². The van der Waals surface area contributed by atoms with Gasteiger partial charge in [0, 0.05) is 33.8 Å². The van der Waals surface area contributed by atoms with E-state index in [2.05, 4.69) is 0 Å². The lowest BCUT2D eigenvalue weighted by Gasteiger charge is -2.07. The zero-order chi connectivity index (χ0) is 23.8. The fraction of sp³-hybridized carbons (Fsp3) is 0.0690. The minimum absolute atomic E-state index is 0.0300. The Morgan fingerprint density at radius 1 is 0.500 bits per heavy atom. The summed E-state index contributed by atoms with van der Waals surface area (Å²) in [6, 6.07) is 34.0. The van der Waals surface area contributed by atoms with Crippen LogP contribution in [0.1, 0.15) is 43.0 Å². The van der Waals surface area contributed by atoms with Crippen molar-refractivity contribution in [1.29, 1.82) is 0 Å². The lowest BCUT2D eigenvalue weighted by molar-refractivity contribution is 0.103. The van der Waals surface area contributed by atoms with Gasteiger partial charge in [0.05, 0.1) is 0 Å². The Balaban J connectivity index is 1.24. The summed E-state index contributed by atoms with van der Waals surface area (Å²) in [5, 5.41) is 0. The molecule has 0 amide bonds. The maximum atomic E-state index is 12.5. The highest BCUT2D eigenvalue weighted by atomic mass is 32.2. The SMILES string of the molecule is O=C(c1ccccc1)c1ccc(CSC(=S)SCc2ccc(C(=O)c3ccccc3)cc2)cc1. The number of ketones is 2. The van der Waals surface area contributed by atoms with E-state index < -0.39 is 0 Å². The van der Waals surface area contributed by atoms with E-state index in [4.69, 9.17) is 12.2 Å². The van der Waals surface area contributed by atoms with Gasteiger partial charge in [0.2, 0.25) is 0 Å². The molecule has 0 saturated carbocycles. The number of benzene rings is 4.